The maximum Gasteiger partial charge on any atom is 0.416 e. The Bertz CT molecular complexity index is 475. The molecule has 6 heteroatoms. The topological polar surface area (TPSA) is 80.5 Å². The molecule has 1 aromatic rings. The zero-order valence-corrected chi connectivity index (χ0v) is 12.9. The van der Waals surface area contributed by atoms with Gasteiger partial charge in [0.25, 0.3) is 0 Å². The Morgan fingerprint density at radius 2 is 2.24 bits per heavy atom. The first-order valence-electron chi connectivity index (χ1n) is 7.31. The van der Waals surface area contributed by atoms with E-state index >= 15 is 0 Å². The highest BCUT2D eigenvalue weighted by atomic mass is 16.6. The summed E-state index contributed by atoms with van der Waals surface area (Å²) in [5.41, 5.74) is 5.71. The number of carbonyl (C=O) groups excluding carboxylic acids is 1. The van der Waals surface area contributed by atoms with E-state index in [4.69, 9.17) is 10.5 Å². The third kappa shape index (κ3) is 4.32. The quantitative estimate of drug-likeness (QED) is 0.873. The maximum absolute atomic E-state index is 12.5. The van der Waals surface area contributed by atoms with Crippen LogP contribution < -0.4 is 16.0 Å². The Morgan fingerprint density at radius 1 is 1.48 bits per heavy atom. The van der Waals surface area contributed by atoms with E-state index in [-0.39, 0.29) is 12.1 Å². The molecule has 2 rings (SSSR count). The molecule has 1 aromatic heterocycles. The van der Waals surface area contributed by atoms with Crippen molar-refractivity contribution in [1.29, 1.82) is 0 Å². The van der Waals surface area contributed by atoms with Crippen molar-refractivity contribution in [2.75, 3.05) is 23.7 Å². The smallest absolute Gasteiger partial charge is 0.416 e. The van der Waals surface area contributed by atoms with E-state index in [2.05, 4.69) is 10.3 Å². The van der Waals surface area contributed by atoms with Crippen molar-refractivity contribution in [3.63, 3.8) is 0 Å². The van der Waals surface area contributed by atoms with Crippen molar-refractivity contribution in [3.05, 3.63) is 18.3 Å². The van der Waals surface area contributed by atoms with Crippen LogP contribution >= 0.6 is 0 Å². The van der Waals surface area contributed by atoms with Gasteiger partial charge in [-0.15, -0.1) is 0 Å². The SMILES string of the molecule is CC(C)(C)OC(=O)N(c1ccc(N)cn1)[C@@H]1CCCNC1. The minimum atomic E-state index is -0.536. The van der Waals surface area contributed by atoms with Crippen molar-refractivity contribution >= 4 is 17.6 Å². The van der Waals surface area contributed by atoms with Crippen LogP contribution in [-0.4, -0.2) is 35.8 Å². The molecule has 0 saturated carbocycles. The molecule has 3 N–H and O–H groups in total. The van der Waals surface area contributed by atoms with Gasteiger partial charge in [-0.25, -0.2) is 9.78 Å². The summed E-state index contributed by atoms with van der Waals surface area (Å²) < 4.78 is 5.53. The Labute approximate surface area is 125 Å². The average molecular weight is 292 g/mol. The molecule has 6 nitrogen and oxygen atoms in total. The predicted octanol–water partition coefficient (Wildman–Crippen LogP) is 2.16. The molecule has 0 aromatic carbocycles. The minimum absolute atomic E-state index is 0.0460. The first kappa shape index (κ1) is 15.6. The molecule has 1 fully saturated rings. The number of piperidine rings is 1. The summed E-state index contributed by atoms with van der Waals surface area (Å²) in [4.78, 5) is 18.5. The molecule has 1 atom stereocenters. The van der Waals surface area contributed by atoms with Crippen LogP contribution in [0.3, 0.4) is 0 Å². The number of pyridine rings is 1. The molecular formula is C15H24N4O2. The lowest BCUT2D eigenvalue weighted by molar-refractivity contribution is 0.0559. The molecular weight excluding hydrogens is 268 g/mol. The van der Waals surface area contributed by atoms with Crippen molar-refractivity contribution in [1.82, 2.24) is 10.3 Å². The van der Waals surface area contributed by atoms with Crippen LogP contribution in [0.25, 0.3) is 0 Å². The van der Waals surface area contributed by atoms with E-state index in [1.807, 2.05) is 20.8 Å². The highest BCUT2D eigenvalue weighted by Gasteiger charge is 2.31. The van der Waals surface area contributed by atoms with Gasteiger partial charge in [-0.05, 0) is 52.3 Å². The molecule has 0 unspecified atom stereocenters. The van der Waals surface area contributed by atoms with Crippen LogP contribution in [-0.2, 0) is 4.74 Å². The number of hydrogen-bond donors (Lipinski definition) is 2. The Balaban J connectivity index is 2.24. The van der Waals surface area contributed by atoms with Gasteiger partial charge < -0.3 is 15.8 Å². The maximum atomic E-state index is 12.5. The first-order valence-corrected chi connectivity index (χ1v) is 7.31. The Hall–Kier alpha value is -1.82. The molecule has 0 radical (unpaired) electrons. The van der Waals surface area contributed by atoms with Gasteiger partial charge in [-0.1, -0.05) is 0 Å². The summed E-state index contributed by atoms with van der Waals surface area (Å²) in [7, 11) is 0. The van der Waals surface area contributed by atoms with Gasteiger partial charge in [-0.3, -0.25) is 4.90 Å². The standard InChI is InChI=1S/C15H24N4O2/c1-15(2,3)21-14(20)19(12-5-4-8-17-10-12)13-7-6-11(16)9-18-13/h6-7,9,12,17H,4-5,8,10,16H2,1-3H3/t12-/m1/s1. The number of hydrogen-bond acceptors (Lipinski definition) is 5. The number of nitrogens with two attached hydrogens (primary N) is 1. The monoisotopic (exact) mass is 292 g/mol. The fraction of sp³-hybridized carbons (Fsp3) is 0.600. The molecule has 0 bridgehead atoms. The number of carbonyl (C=O) groups is 1. The molecule has 1 aliphatic rings. The number of ether oxygens (including phenoxy) is 1. The third-order valence-corrected chi connectivity index (χ3v) is 3.24. The van der Waals surface area contributed by atoms with E-state index in [0.717, 1.165) is 25.9 Å². The number of anilines is 2. The van der Waals surface area contributed by atoms with Crippen molar-refractivity contribution in [2.24, 2.45) is 0 Å². The molecule has 2 heterocycles. The summed E-state index contributed by atoms with van der Waals surface area (Å²) in [6.07, 6.45) is 3.15. The largest absolute Gasteiger partial charge is 0.443 e. The lowest BCUT2D eigenvalue weighted by atomic mass is 10.1. The van der Waals surface area contributed by atoms with Crippen LogP contribution in [0.5, 0.6) is 0 Å². The van der Waals surface area contributed by atoms with E-state index in [1.54, 1.807) is 23.2 Å². The lowest BCUT2D eigenvalue weighted by Crippen LogP contribution is -2.50. The number of aromatic nitrogens is 1. The summed E-state index contributed by atoms with van der Waals surface area (Å²) in [5.74, 6) is 0.576. The number of nitrogens with one attached hydrogen (secondary N) is 1. The van der Waals surface area contributed by atoms with Gasteiger partial charge in [0.1, 0.15) is 11.4 Å². The number of nitrogens with zero attached hydrogens (tertiary/aromatic N) is 2. The van der Waals surface area contributed by atoms with Crippen LogP contribution in [0, 0.1) is 0 Å². The summed E-state index contributed by atoms with van der Waals surface area (Å²) >= 11 is 0. The first-order chi connectivity index (χ1) is 9.87. The second kappa shape index (κ2) is 6.30. The van der Waals surface area contributed by atoms with E-state index in [0.29, 0.717) is 11.5 Å². The van der Waals surface area contributed by atoms with Crippen molar-refractivity contribution in [3.8, 4) is 0 Å². The van der Waals surface area contributed by atoms with Gasteiger partial charge in [0, 0.05) is 6.54 Å². The predicted molar refractivity (Wildman–Crippen MR) is 83.3 cm³/mol. The van der Waals surface area contributed by atoms with Gasteiger partial charge >= 0.3 is 6.09 Å². The fourth-order valence-corrected chi connectivity index (χ4v) is 2.33. The van der Waals surface area contributed by atoms with E-state index < -0.39 is 5.60 Å². The van der Waals surface area contributed by atoms with Gasteiger partial charge in [0.2, 0.25) is 0 Å². The normalized spacial score (nSPS) is 19.1. The minimum Gasteiger partial charge on any atom is -0.443 e. The third-order valence-electron chi connectivity index (χ3n) is 3.24. The second-order valence-electron chi connectivity index (χ2n) is 6.30. The summed E-state index contributed by atoms with van der Waals surface area (Å²) in [6, 6.07) is 3.55. The fourth-order valence-electron chi connectivity index (χ4n) is 2.33. The summed E-state index contributed by atoms with van der Waals surface area (Å²) in [5, 5.41) is 3.31. The number of rotatable bonds is 2. The molecule has 116 valence electrons. The zero-order valence-electron chi connectivity index (χ0n) is 12.9. The van der Waals surface area contributed by atoms with Crippen LogP contribution in [0.15, 0.2) is 18.3 Å². The molecule has 21 heavy (non-hydrogen) atoms. The molecule has 0 spiro atoms. The molecule has 0 aliphatic carbocycles. The van der Waals surface area contributed by atoms with Crippen LogP contribution in [0.1, 0.15) is 33.6 Å². The zero-order chi connectivity index (χ0) is 15.5. The van der Waals surface area contributed by atoms with E-state index in [9.17, 15) is 4.79 Å². The molecule has 1 aliphatic heterocycles. The number of nitrogen functional groups attached to an aromatic ring is 1. The lowest BCUT2D eigenvalue weighted by Gasteiger charge is -2.35. The van der Waals surface area contributed by atoms with Crippen molar-refractivity contribution < 1.29 is 9.53 Å². The average Bonchev–Trinajstić information content (AvgIpc) is 2.40. The van der Waals surface area contributed by atoms with Crippen LogP contribution in [0.4, 0.5) is 16.3 Å². The highest BCUT2D eigenvalue weighted by Crippen LogP contribution is 2.22. The Kier molecular flexibility index (Phi) is 4.67. The van der Waals surface area contributed by atoms with Crippen molar-refractivity contribution in [2.45, 2.75) is 45.3 Å². The van der Waals surface area contributed by atoms with Crippen LogP contribution in [0.2, 0.25) is 0 Å². The number of amides is 1. The Morgan fingerprint density at radius 3 is 2.76 bits per heavy atom. The molecule has 1 amide bonds. The molecule has 1 saturated heterocycles. The van der Waals surface area contributed by atoms with Gasteiger partial charge in [-0.2, -0.15) is 0 Å². The highest BCUT2D eigenvalue weighted by molar-refractivity contribution is 5.87. The van der Waals surface area contributed by atoms with Gasteiger partial charge in [0.15, 0.2) is 0 Å². The summed E-state index contributed by atoms with van der Waals surface area (Å²) in [6.45, 7) is 7.30. The van der Waals surface area contributed by atoms with Gasteiger partial charge in [0.05, 0.1) is 17.9 Å². The second-order valence-corrected chi connectivity index (χ2v) is 6.30. The van der Waals surface area contributed by atoms with E-state index in [1.165, 1.54) is 0 Å².